The standard InChI is InChI=1S/C14H7ClF4O/c15-13(20)10-6-5-8(7-11(10)14(17,18)19)9-3-1-2-4-12(9)16/h1-7H. The van der Waals surface area contributed by atoms with E-state index in [4.69, 9.17) is 11.6 Å². The van der Waals surface area contributed by atoms with Crippen LogP contribution < -0.4 is 0 Å². The van der Waals surface area contributed by atoms with Crippen molar-refractivity contribution in [2.24, 2.45) is 0 Å². The minimum atomic E-state index is -4.75. The highest BCUT2D eigenvalue weighted by Gasteiger charge is 2.35. The Balaban J connectivity index is 2.65. The zero-order valence-electron chi connectivity index (χ0n) is 9.84. The van der Waals surface area contributed by atoms with Crippen LogP contribution >= 0.6 is 11.6 Å². The molecule has 0 atom stereocenters. The van der Waals surface area contributed by atoms with E-state index in [1.807, 2.05) is 0 Å². The molecule has 0 fully saturated rings. The second-order valence-corrected chi connectivity index (χ2v) is 4.35. The van der Waals surface area contributed by atoms with Crippen LogP contribution in [-0.2, 0) is 6.18 Å². The van der Waals surface area contributed by atoms with E-state index in [2.05, 4.69) is 0 Å². The Morgan fingerprint density at radius 1 is 1.05 bits per heavy atom. The summed E-state index contributed by atoms with van der Waals surface area (Å²) in [5, 5.41) is -1.21. The van der Waals surface area contributed by atoms with Gasteiger partial charge in [-0.2, -0.15) is 13.2 Å². The highest BCUT2D eigenvalue weighted by molar-refractivity contribution is 6.67. The summed E-state index contributed by atoms with van der Waals surface area (Å²) in [7, 11) is 0. The van der Waals surface area contributed by atoms with Gasteiger partial charge in [-0.25, -0.2) is 4.39 Å². The Bertz CT molecular complexity index is 664. The molecule has 20 heavy (non-hydrogen) atoms. The highest BCUT2D eigenvalue weighted by atomic mass is 35.5. The zero-order valence-corrected chi connectivity index (χ0v) is 10.6. The summed E-state index contributed by atoms with van der Waals surface area (Å²) in [5.41, 5.74) is -1.79. The lowest BCUT2D eigenvalue weighted by molar-refractivity contribution is -0.137. The first-order valence-corrected chi connectivity index (χ1v) is 5.84. The fraction of sp³-hybridized carbons (Fsp3) is 0.0714. The lowest BCUT2D eigenvalue weighted by atomic mass is 9.99. The molecule has 0 saturated carbocycles. The van der Waals surface area contributed by atoms with Crippen LogP contribution in [0.1, 0.15) is 15.9 Å². The van der Waals surface area contributed by atoms with E-state index in [0.717, 1.165) is 12.1 Å². The van der Waals surface area contributed by atoms with Gasteiger partial charge in [-0.05, 0) is 35.4 Å². The van der Waals surface area contributed by atoms with Crippen LogP contribution in [0.15, 0.2) is 42.5 Å². The molecule has 2 aromatic rings. The van der Waals surface area contributed by atoms with Crippen LogP contribution in [0.4, 0.5) is 17.6 Å². The molecule has 1 nitrogen and oxygen atoms in total. The molecule has 0 heterocycles. The molecule has 0 bridgehead atoms. The van der Waals surface area contributed by atoms with Gasteiger partial charge in [-0.3, -0.25) is 4.79 Å². The molecule has 0 N–H and O–H groups in total. The molecule has 6 heteroatoms. The van der Waals surface area contributed by atoms with Crippen LogP contribution in [0.2, 0.25) is 0 Å². The number of halogens is 5. The van der Waals surface area contributed by atoms with Crippen molar-refractivity contribution >= 4 is 16.8 Å². The van der Waals surface area contributed by atoms with E-state index in [1.54, 1.807) is 0 Å². The lowest BCUT2D eigenvalue weighted by Crippen LogP contribution is -2.11. The highest BCUT2D eigenvalue weighted by Crippen LogP contribution is 2.36. The molecule has 2 aromatic carbocycles. The molecule has 104 valence electrons. The van der Waals surface area contributed by atoms with E-state index in [1.165, 1.54) is 24.3 Å². The van der Waals surface area contributed by atoms with Crippen molar-refractivity contribution in [3.63, 3.8) is 0 Å². The Kier molecular flexibility index (Phi) is 3.81. The van der Waals surface area contributed by atoms with E-state index in [-0.39, 0.29) is 11.1 Å². The molecule has 0 spiro atoms. The summed E-state index contributed by atoms with van der Waals surface area (Å²) in [6.07, 6.45) is -4.75. The maximum Gasteiger partial charge on any atom is 0.417 e. The molecule has 0 amide bonds. The smallest absolute Gasteiger partial charge is 0.276 e. The van der Waals surface area contributed by atoms with Gasteiger partial charge in [0.1, 0.15) is 5.82 Å². The second-order valence-electron chi connectivity index (χ2n) is 4.01. The first kappa shape index (κ1) is 14.5. The van der Waals surface area contributed by atoms with Crippen molar-refractivity contribution in [1.29, 1.82) is 0 Å². The predicted molar refractivity (Wildman–Crippen MR) is 67.0 cm³/mol. The van der Waals surface area contributed by atoms with Crippen molar-refractivity contribution in [3.8, 4) is 11.1 Å². The minimum Gasteiger partial charge on any atom is -0.276 e. The van der Waals surface area contributed by atoms with Crippen LogP contribution in [-0.4, -0.2) is 5.24 Å². The molecule has 0 aromatic heterocycles. The van der Waals surface area contributed by atoms with E-state index < -0.39 is 28.4 Å². The third kappa shape index (κ3) is 2.82. The number of benzene rings is 2. The summed E-state index contributed by atoms with van der Waals surface area (Å²) in [6, 6.07) is 8.32. The van der Waals surface area contributed by atoms with Crippen LogP contribution in [0.25, 0.3) is 11.1 Å². The lowest BCUT2D eigenvalue weighted by Gasteiger charge is -2.12. The number of rotatable bonds is 2. The van der Waals surface area contributed by atoms with Crippen molar-refractivity contribution in [3.05, 3.63) is 59.4 Å². The monoisotopic (exact) mass is 302 g/mol. The second kappa shape index (κ2) is 5.25. The molecule has 0 aliphatic rings. The number of hydrogen-bond acceptors (Lipinski definition) is 1. The predicted octanol–water partition coefficient (Wildman–Crippen LogP) is 4.89. The van der Waals surface area contributed by atoms with Gasteiger partial charge in [0, 0.05) is 11.1 Å². The number of hydrogen-bond donors (Lipinski definition) is 0. The quantitative estimate of drug-likeness (QED) is 0.570. The van der Waals surface area contributed by atoms with Crippen molar-refractivity contribution < 1.29 is 22.4 Å². The van der Waals surface area contributed by atoms with Gasteiger partial charge in [-0.15, -0.1) is 0 Å². The SMILES string of the molecule is O=C(Cl)c1ccc(-c2ccccc2F)cc1C(F)(F)F. The summed E-state index contributed by atoms with van der Waals surface area (Å²) in [6.45, 7) is 0. The molecule has 0 aliphatic heterocycles. The van der Waals surface area contributed by atoms with Gasteiger partial charge in [0.15, 0.2) is 0 Å². The summed E-state index contributed by atoms with van der Waals surface area (Å²) >= 11 is 5.13. The van der Waals surface area contributed by atoms with Crippen molar-refractivity contribution in [2.45, 2.75) is 6.18 Å². The Labute approximate surface area is 116 Å². The molecule has 0 aliphatic carbocycles. The largest absolute Gasteiger partial charge is 0.417 e. The van der Waals surface area contributed by atoms with Crippen LogP contribution in [0.3, 0.4) is 0 Å². The fourth-order valence-electron chi connectivity index (χ4n) is 1.81. The molecule has 0 saturated heterocycles. The Morgan fingerprint density at radius 3 is 2.25 bits per heavy atom. The molecular formula is C14H7ClF4O. The van der Waals surface area contributed by atoms with Crippen LogP contribution in [0.5, 0.6) is 0 Å². The maximum absolute atomic E-state index is 13.6. The first-order chi connectivity index (χ1) is 9.30. The third-order valence-corrected chi connectivity index (χ3v) is 2.93. The Morgan fingerprint density at radius 2 is 1.70 bits per heavy atom. The van der Waals surface area contributed by atoms with Crippen molar-refractivity contribution in [1.82, 2.24) is 0 Å². The average Bonchev–Trinajstić information content (AvgIpc) is 2.37. The topological polar surface area (TPSA) is 17.1 Å². The maximum atomic E-state index is 13.6. The molecule has 0 unspecified atom stereocenters. The summed E-state index contributed by atoms with van der Waals surface area (Å²) < 4.78 is 52.3. The number of carbonyl (C=O) groups excluding carboxylic acids is 1. The molecule has 0 radical (unpaired) electrons. The van der Waals surface area contributed by atoms with Crippen molar-refractivity contribution in [2.75, 3.05) is 0 Å². The van der Waals surface area contributed by atoms with Crippen LogP contribution in [0, 0.1) is 5.82 Å². The van der Waals surface area contributed by atoms with Gasteiger partial charge < -0.3 is 0 Å². The zero-order chi connectivity index (χ0) is 14.9. The van der Waals surface area contributed by atoms with E-state index in [9.17, 15) is 22.4 Å². The van der Waals surface area contributed by atoms with Gasteiger partial charge in [0.25, 0.3) is 5.24 Å². The van der Waals surface area contributed by atoms with Gasteiger partial charge in [0.2, 0.25) is 0 Å². The minimum absolute atomic E-state index is 0.0200. The van der Waals surface area contributed by atoms with E-state index in [0.29, 0.717) is 6.07 Å². The van der Waals surface area contributed by atoms with Gasteiger partial charge in [-0.1, -0.05) is 24.3 Å². The average molecular weight is 303 g/mol. The van der Waals surface area contributed by atoms with E-state index >= 15 is 0 Å². The number of alkyl halides is 3. The van der Waals surface area contributed by atoms with Gasteiger partial charge in [0.05, 0.1) is 5.56 Å². The first-order valence-electron chi connectivity index (χ1n) is 5.46. The Hall–Kier alpha value is -1.88. The van der Waals surface area contributed by atoms with Gasteiger partial charge >= 0.3 is 6.18 Å². The third-order valence-electron chi connectivity index (χ3n) is 2.72. The number of carbonyl (C=O) groups is 1. The normalized spacial score (nSPS) is 11.4. The summed E-state index contributed by atoms with van der Waals surface area (Å²) in [4.78, 5) is 11.0. The fourth-order valence-corrected chi connectivity index (χ4v) is 1.98. The molecule has 2 rings (SSSR count). The molecular weight excluding hydrogens is 296 g/mol. The summed E-state index contributed by atoms with van der Waals surface area (Å²) in [5.74, 6) is -0.648.